The molecule has 1 aliphatic heterocycles. The van der Waals surface area contributed by atoms with Crippen molar-refractivity contribution in [3.63, 3.8) is 0 Å². The van der Waals surface area contributed by atoms with Crippen molar-refractivity contribution >= 4 is 6.09 Å². The van der Waals surface area contributed by atoms with Gasteiger partial charge in [0.25, 0.3) is 0 Å². The largest absolute Gasteiger partial charge is 0.445 e. The SMILES string of the molecule is CCC1(CO)COCCN1C(=O)OCc1ccccc1. The molecule has 2 rings (SSSR count). The maximum atomic E-state index is 12.2. The fourth-order valence-corrected chi connectivity index (χ4v) is 2.35. The second-order valence-corrected chi connectivity index (χ2v) is 4.98. The van der Waals surface area contributed by atoms with Crippen molar-refractivity contribution in [2.24, 2.45) is 0 Å². The summed E-state index contributed by atoms with van der Waals surface area (Å²) in [7, 11) is 0. The number of carbonyl (C=O) groups is 1. The Kier molecular flexibility index (Phi) is 4.98. The van der Waals surface area contributed by atoms with E-state index < -0.39 is 11.6 Å². The number of aliphatic hydroxyl groups is 1. The van der Waals surface area contributed by atoms with Crippen molar-refractivity contribution in [3.8, 4) is 0 Å². The number of benzene rings is 1. The summed E-state index contributed by atoms with van der Waals surface area (Å²) >= 11 is 0. The number of carbonyl (C=O) groups excluding carboxylic acids is 1. The molecule has 1 aliphatic rings. The van der Waals surface area contributed by atoms with Crippen LogP contribution >= 0.6 is 0 Å². The lowest BCUT2D eigenvalue weighted by Crippen LogP contribution is -2.61. The molecule has 1 atom stereocenters. The predicted molar refractivity (Wildman–Crippen MR) is 74.3 cm³/mol. The molecule has 5 heteroatoms. The third kappa shape index (κ3) is 3.11. The molecule has 1 N–H and O–H groups in total. The van der Waals surface area contributed by atoms with E-state index in [0.717, 1.165) is 5.56 Å². The van der Waals surface area contributed by atoms with Crippen molar-refractivity contribution in [1.82, 2.24) is 4.90 Å². The van der Waals surface area contributed by atoms with E-state index in [1.165, 1.54) is 0 Å². The quantitative estimate of drug-likeness (QED) is 0.913. The lowest BCUT2D eigenvalue weighted by Gasteiger charge is -2.44. The van der Waals surface area contributed by atoms with E-state index in [0.29, 0.717) is 26.2 Å². The first-order chi connectivity index (χ1) is 9.72. The number of rotatable bonds is 4. The Labute approximate surface area is 119 Å². The number of aliphatic hydroxyl groups excluding tert-OH is 1. The molecule has 1 amide bonds. The van der Waals surface area contributed by atoms with Gasteiger partial charge in [0.2, 0.25) is 0 Å². The second-order valence-electron chi connectivity index (χ2n) is 4.98. The lowest BCUT2D eigenvalue weighted by atomic mass is 9.95. The van der Waals surface area contributed by atoms with Gasteiger partial charge in [-0.25, -0.2) is 4.79 Å². The van der Waals surface area contributed by atoms with E-state index >= 15 is 0 Å². The molecule has 1 fully saturated rings. The first kappa shape index (κ1) is 14.8. The second kappa shape index (κ2) is 6.72. The van der Waals surface area contributed by atoms with Crippen molar-refractivity contribution in [3.05, 3.63) is 35.9 Å². The van der Waals surface area contributed by atoms with Gasteiger partial charge in [-0.15, -0.1) is 0 Å². The normalized spacial score (nSPS) is 22.6. The van der Waals surface area contributed by atoms with Crippen molar-refractivity contribution in [1.29, 1.82) is 0 Å². The van der Waals surface area contributed by atoms with Gasteiger partial charge in [0.05, 0.1) is 25.4 Å². The molecule has 0 aromatic heterocycles. The molecule has 0 spiro atoms. The van der Waals surface area contributed by atoms with Crippen LogP contribution in [0.5, 0.6) is 0 Å². The highest BCUT2D eigenvalue weighted by Crippen LogP contribution is 2.24. The summed E-state index contributed by atoms with van der Waals surface area (Å²) in [6.45, 7) is 3.32. The summed E-state index contributed by atoms with van der Waals surface area (Å²) < 4.78 is 10.7. The number of amides is 1. The van der Waals surface area contributed by atoms with Crippen LogP contribution in [0, 0.1) is 0 Å². The number of morpholine rings is 1. The Bertz CT molecular complexity index is 431. The number of ether oxygens (including phenoxy) is 2. The molecule has 0 aliphatic carbocycles. The summed E-state index contributed by atoms with van der Waals surface area (Å²) in [5.41, 5.74) is 0.284. The molecule has 1 unspecified atom stereocenters. The Morgan fingerprint density at radius 3 is 2.85 bits per heavy atom. The van der Waals surface area contributed by atoms with Gasteiger partial charge in [-0.2, -0.15) is 0 Å². The van der Waals surface area contributed by atoms with Crippen molar-refractivity contribution in [2.75, 3.05) is 26.4 Å². The van der Waals surface area contributed by atoms with Gasteiger partial charge >= 0.3 is 6.09 Å². The summed E-state index contributed by atoms with van der Waals surface area (Å²) in [5, 5.41) is 9.62. The number of nitrogens with zero attached hydrogens (tertiary/aromatic N) is 1. The van der Waals surface area contributed by atoms with Gasteiger partial charge in [0.1, 0.15) is 6.61 Å². The average Bonchev–Trinajstić information content (AvgIpc) is 2.53. The zero-order valence-electron chi connectivity index (χ0n) is 11.7. The minimum atomic E-state index is -0.661. The monoisotopic (exact) mass is 279 g/mol. The van der Waals surface area contributed by atoms with E-state index in [2.05, 4.69) is 0 Å². The topological polar surface area (TPSA) is 59.0 Å². The molecule has 5 nitrogen and oxygen atoms in total. The Hall–Kier alpha value is -1.59. The summed E-state index contributed by atoms with van der Waals surface area (Å²) in [6, 6.07) is 9.54. The molecule has 0 radical (unpaired) electrons. The maximum Gasteiger partial charge on any atom is 0.410 e. The molecule has 1 aromatic carbocycles. The smallest absolute Gasteiger partial charge is 0.410 e. The zero-order valence-corrected chi connectivity index (χ0v) is 11.7. The van der Waals surface area contributed by atoms with Crippen LogP contribution in [0.15, 0.2) is 30.3 Å². The van der Waals surface area contributed by atoms with Crippen LogP contribution < -0.4 is 0 Å². The molecule has 1 aromatic rings. The van der Waals surface area contributed by atoms with Gasteiger partial charge in [-0.1, -0.05) is 37.3 Å². The van der Waals surface area contributed by atoms with Gasteiger partial charge < -0.3 is 14.6 Å². The maximum absolute atomic E-state index is 12.2. The number of hydrogen-bond donors (Lipinski definition) is 1. The predicted octanol–water partition coefficient (Wildman–Crippen LogP) is 1.80. The van der Waals surface area contributed by atoms with Crippen LogP contribution in [0.3, 0.4) is 0 Å². The van der Waals surface area contributed by atoms with E-state index in [4.69, 9.17) is 9.47 Å². The highest BCUT2D eigenvalue weighted by molar-refractivity contribution is 5.69. The molecular formula is C15H21NO4. The average molecular weight is 279 g/mol. The molecule has 20 heavy (non-hydrogen) atoms. The van der Waals surface area contributed by atoms with Crippen LogP contribution in [0.2, 0.25) is 0 Å². The molecule has 110 valence electrons. The lowest BCUT2D eigenvalue weighted by molar-refractivity contribution is -0.0852. The van der Waals surface area contributed by atoms with Crippen molar-refractivity contribution in [2.45, 2.75) is 25.5 Å². The molecule has 1 saturated heterocycles. The van der Waals surface area contributed by atoms with Gasteiger partial charge in [-0.3, -0.25) is 4.90 Å². The van der Waals surface area contributed by atoms with Gasteiger partial charge in [0.15, 0.2) is 0 Å². The van der Waals surface area contributed by atoms with E-state index in [9.17, 15) is 9.90 Å². The fourth-order valence-electron chi connectivity index (χ4n) is 2.35. The van der Waals surface area contributed by atoms with E-state index in [1.807, 2.05) is 37.3 Å². The van der Waals surface area contributed by atoms with E-state index in [-0.39, 0.29) is 13.2 Å². The Morgan fingerprint density at radius 2 is 2.20 bits per heavy atom. The third-order valence-electron chi connectivity index (χ3n) is 3.78. The van der Waals surface area contributed by atoms with E-state index in [1.54, 1.807) is 4.90 Å². The van der Waals surface area contributed by atoms with Gasteiger partial charge in [0, 0.05) is 6.54 Å². The van der Waals surface area contributed by atoms with Crippen LogP contribution in [-0.2, 0) is 16.1 Å². The van der Waals surface area contributed by atoms with Gasteiger partial charge in [-0.05, 0) is 12.0 Å². The Balaban J connectivity index is 1.99. The summed E-state index contributed by atoms with van der Waals surface area (Å²) in [5.74, 6) is 0. The molecular weight excluding hydrogens is 258 g/mol. The molecule has 0 saturated carbocycles. The van der Waals surface area contributed by atoms with Crippen LogP contribution in [0.4, 0.5) is 4.79 Å². The van der Waals surface area contributed by atoms with Crippen LogP contribution in [-0.4, -0.2) is 48.0 Å². The minimum absolute atomic E-state index is 0.121. The summed E-state index contributed by atoms with van der Waals surface area (Å²) in [4.78, 5) is 13.8. The standard InChI is InChI=1S/C15H21NO4/c1-2-15(11-17)12-19-9-8-16(15)14(18)20-10-13-6-4-3-5-7-13/h3-7,17H,2,8-12H2,1H3. The van der Waals surface area contributed by atoms with Crippen molar-refractivity contribution < 1.29 is 19.4 Å². The first-order valence-electron chi connectivity index (χ1n) is 6.89. The van der Waals surface area contributed by atoms with Crippen LogP contribution in [0.25, 0.3) is 0 Å². The third-order valence-corrected chi connectivity index (χ3v) is 3.78. The number of hydrogen-bond acceptors (Lipinski definition) is 4. The highest BCUT2D eigenvalue weighted by atomic mass is 16.6. The fraction of sp³-hybridized carbons (Fsp3) is 0.533. The Morgan fingerprint density at radius 1 is 1.45 bits per heavy atom. The minimum Gasteiger partial charge on any atom is -0.445 e. The molecule has 1 heterocycles. The van der Waals surface area contributed by atoms with Crippen LogP contribution in [0.1, 0.15) is 18.9 Å². The first-order valence-corrected chi connectivity index (χ1v) is 6.89. The highest BCUT2D eigenvalue weighted by Gasteiger charge is 2.41. The molecule has 0 bridgehead atoms. The summed E-state index contributed by atoms with van der Waals surface area (Å²) in [6.07, 6.45) is 0.234. The zero-order chi connectivity index (χ0) is 14.4.